The van der Waals surface area contributed by atoms with Crippen molar-refractivity contribution in [1.82, 2.24) is 0 Å². The van der Waals surface area contributed by atoms with E-state index in [1.807, 2.05) is 13.0 Å². The largest absolute Gasteiger partial charge is 0.469 e. The molecular weight excluding hydrogens is 297 g/mol. The van der Waals surface area contributed by atoms with E-state index >= 15 is 0 Å². The van der Waals surface area contributed by atoms with Gasteiger partial charge < -0.3 is 15.3 Å². The number of furan rings is 1. The molecule has 20 heavy (non-hydrogen) atoms. The molecule has 0 radical (unpaired) electrons. The number of hydrogen-bond donors (Lipinski definition) is 2. The van der Waals surface area contributed by atoms with Crippen molar-refractivity contribution in [3.05, 3.63) is 57.5 Å². The standard InChI is InChI=1S/C15H17Cl2NO2/c1-2-14-10(5-6-20-14)15(19)11(8-18)9-3-4-12(16)13(17)7-9/h3-7,11,15,19H,2,8,18H2,1H3. The van der Waals surface area contributed by atoms with Crippen LogP contribution in [0.1, 0.15) is 35.8 Å². The van der Waals surface area contributed by atoms with E-state index in [0.29, 0.717) is 16.6 Å². The van der Waals surface area contributed by atoms with Gasteiger partial charge in [0.15, 0.2) is 0 Å². The molecule has 2 atom stereocenters. The molecule has 0 saturated heterocycles. The summed E-state index contributed by atoms with van der Waals surface area (Å²) in [5, 5.41) is 11.5. The second kappa shape index (κ2) is 6.64. The minimum absolute atomic E-state index is 0.257. The normalized spacial score (nSPS) is 14.2. The van der Waals surface area contributed by atoms with Gasteiger partial charge in [-0.3, -0.25) is 0 Å². The fraction of sp³-hybridized carbons (Fsp3) is 0.333. The summed E-state index contributed by atoms with van der Waals surface area (Å²) in [5.41, 5.74) is 7.46. The van der Waals surface area contributed by atoms with Gasteiger partial charge >= 0.3 is 0 Å². The molecule has 5 heteroatoms. The van der Waals surface area contributed by atoms with Crippen LogP contribution in [0.3, 0.4) is 0 Å². The number of hydrogen-bond acceptors (Lipinski definition) is 3. The Bertz CT molecular complexity index is 583. The lowest BCUT2D eigenvalue weighted by molar-refractivity contribution is 0.145. The van der Waals surface area contributed by atoms with Gasteiger partial charge in [-0.2, -0.15) is 0 Å². The number of aliphatic hydroxyl groups excluding tert-OH is 1. The molecule has 2 aromatic rings. The fourth-order valence-electron chi connectivity index (χ4n) is 2.31. The number of halogens is 2. The van der Waals surface area contributed by atoms with Crippen molar-refractivity contribution < 1.29 is 9.52 Å². The molecule has 0 fully saturated rings. The van der Waals surface area contributed by atoms with Crippen molar-refractivity contribution in [3.8, 4) is 0 Å². The third kappa shape index (κ3) is 3.01. The molecule has 1 aromatic heterocycles. The van der Waals surface area contributed by atoms with Crippen LogP contribution in [-0.4, -0.2) is 11.7 Å². The van der Waals surface area contributed by atoms with Gasteiger partial charge in [-0.25, -0.2) is 0 Å². The summed E-state index contributed by atoms with van der Waals surface area (Å²) in [7, 11) is 0. The van der Waals surface area contributed by atoms with Crippen molar-refractivity contribution >= 4 is 23.2 Å². The first-order valence-electron chi connectivity index (χ1n) is 6.47. The van der Waals surface area contributed by atoms with Crippen molar-refractivity contribution in [2.75, 3.05) is 6.54 Å². The smallest absolute Gasteiger partial charge is 0.109 e. The van der Waals surface area contributed by atoms with E-state index < -0.39 is 6.10 Å². The summed E-state index contributed by atoms with van der Waals surface area (Å²) in [4.78, 5) is 0. The summed E-state index contributed by atoms with van der Waals surface area (Å²) < 4.78 is 5.36. The molecule has 1 aromatic carbocycles. The fourth-order valence-corrected chi connectivity index (χ4v) is 2.62. The first-order chi connectivity index (χ1) is 9.58. The van der Waals surface area contributed by atoms with Gasteiger partial charge in [0.25, 0.3) is 0 Å². The van der Waals surface area contributed by atoms with E-state index in [-0.39, 0.29) is 5.92 Å². The monoisotopic (exact) mass is 313 g/mol. The maximum absolute atomic E-state index is 10.6. The van der Waals surface area contributed by atoms with E-state index in [1.54, 1.807) is 24.5 Å². The van der Waals surface area contributed by atoms with Gasteiger partial charge in [0.05, 0.1) is 22.4 Å². The molecule has 3 nitrogen and oxygen atoms in total. The minimum atomic E-state index is -0.731. The van der Waals surface area contributed by atoms with Crippen molar-refractivity contribution in [3.63, 3.8) is 0 Å². The zero-order valence-corrected chi connectivity index (χ0v) is 12.7. The number of benzene rings is 1. The van der Waals surface area contributed by atoms with E-state index in [4.69, 9.17) is 33.4 Å². The Morgan fingerprint density at radius 2 is 2.00 bits per heavy atom. The highest BCUT2D eigenvalue weighted by Gasteiger charge is 2.25. The minimum Gasteiger partial charge on any atom is -0.469 e. The molecule has 0 amide bonds. The summed E-state index contributed by atoms with van der Waals surface area (Å²) >= 11 is 11.9. The molecular formula is C15H17Cl2NO2. The first kappa shape index (κ1) is 15.4. The predicted octanol–water partition coefficient (Wildman–Crippen LogP) is 3.92. The van der Waals surface area contributed by atoms with Gasteiger partial charge in [-0.15, -0.1) is 0 Å². The number of aryl methyl sites for hydroxylation is 1. The zero-order chi connectivity index (χ0) is 14.7. The number of aliphatic hydroxyl groups is 1. The van der Waals surface area contributed by atoms with Gasteiger partial charge in [-0.05, 0) is 23.8 Å². The lowest BCUT2D eigenvalue weighted by atomic mass is 9.89. The van der Waals surface area contributed by atoms with Crippen molar-refractivity contribution in [2.45, 2.75) is 25.4 Å². The Morgan fingerprint density at radius 1 is 1.25 bits per heavy atom. The van der Waals surface area contributed by atoms with Crippen LogP contribution in [0.4, 0.5) is 0 Å². The van der Waals surface area contributed by atoms with Gasteiger partial charge in [0.1, 0.15) is 5.76 Å². The Kier molecular flexibility index (Phi) is 5.11. The zero-order valence-electron chi connectivity index (χ0n) is 11.1. The summed E-state index contributed by atoms with van der Waals surface area (Å²) in [6.07, 6.45) is 1.57. The Hall–Kier alpha value is -1.000. The second-order valence-electron chi connectivity index (χ2n) is 4.61. The third-order valence-corrected chi connectivity index (χ3v) is 4.17. The van der Waals surface area contributed by atoms with Crippen LogP contribution in [-0.2, 0) is 6.42 Å². The van der Waals surface area contributed by atoms with Crippen LogP contribution < -0.4 is 5.73 Å². The number of rotatable bonds is 5. The highest BCUT2D eigenvalue weighted by molar-refractivity contribution is 6.42. The van der Waals surface area contributed by atoms with E-state index in [2.05, 4.69) is 0 Å². The molecule has 2 rings (SSSR count). The van der Waals surface area contributed by atoms with Crippen LogP contribution in [0.2, 0.25) is 10.0 Å². The maximum Gasteiger partial charge on any atom is 0.109 e. The van der Waals surface area contributed by atoms with E-state index in [0.717, 1.165) is 23.3 Å². The molecule has 0 spiro atoms. The quantitative estimate of drug-likeness (QED) is 0.879. The molecule has 108 valence electrons. The van der Waals surface area contributed by atoms with Crippen molar-refractivity contribution in [1.29, 1.82) is 0 Å². The Balaban J connectivity index is 2.34. The topological polar surface area (TPSA) is 59.4 Å². The van der Waals surface area contributed by atoms with Crippen LogP contribution in [0.15, 0.2) is 34.9 Å². The first-order valence-corrected chi connectivity index (χ1v) is 7.23. The van der Waals surface area contributed by atoms with Crippen molar-refractivity contribution in [2.24, 2.45) is 5.73 Å². The SMILES string of the molecule is CCc1occc1C(O)C(CN)c1ccc(Cl)c(Cl)c1. The van der Waals surface area contributed by atoms with Gasteiger partial charge in [0, 0.05) is 24.4 Å². The highest BCUT2D eigenvalue weighted by atomic mass is 35.5. The predicted molar refractivity (Wildman–Crippen MR) is 81.3 cm³/mol. The highest BCUT2D eigenvalue weighted by Crippen LogP contribution is 2.35. The van der Waals surface area contributed by atoms with E-state index in [1.165, 1.54) is 0 Å². The molecule has 0 aliphatic carbocycles. The maximum atomic E-state index is 10.6. The molecule has 1 heterocycles. The summed E-state index contributed by atoms with van der Waals surface area (Å²) in [6, 6.07) is 7.07. The second-order valence-corrected chi connectivity index (χ2v) is 5.43. The lowest BCUT2D eigenvalue weighted by Gasteiger charge is -2.22. The Labute approximate surface area is 128 Å². The van der Waals surface area contributed by atoms with Crippen LogP contribution in [0, 0.1) is 0 Å². The molecule has 0 bridgehead atoms. The summed E-state index contributed by atoms with van der Waals surface area (Å²) in [5.74, 6) is 0.517. The lowest BCUT2D eigenvalue weighted by Crippen LogP contribution is -2.20. The van der Waals surface area contributed by atoms with Gasteiger partial charge in [-0.1, -0.05) is 36.2 Å². The third-order valence-electron chi connectivity index (χ3n) is 3.43. The molecule has 3 N–H and O–H groups in total. The Morgan fingerprint density at radius 3 is 2.60 bits per heavy atom. The average Bonchev–Trinajstić information content (AvgIpc) is 2.91. The molecule has 0 saturated carbocycles. The summed E-state index contributed by atoms with van der Waals surface area (Å²) in [6.45, 7) is 2.28. The van der Waals surface area contributed by atoms with Gasteiger partial charge in [0.2, 0.25) is 0 Å². The molecule has 0 aliphatic heterocycles. The van der Waals surface area contributed by atoms with Crippen LogP contribution in [0.5, 0.6) is 0 Å². The number of nitrogens with two attached hydrogens (primary N) is 1. The molecule has 2 unspecified atom stereocenters. The average molecular weight is 314 g/mol. The van der Waals surface area contributed by atoms with E-state index in [9.17, 15) is 5.11 Å². The van der Waals surface area contributed by atoms with Crippen LogP contribution in [0.25, 0.3) is 0 Å². The molecule has 0 aliphatic rings. The van der Waals surface area contributed by atoms with Crippen LogP contribution >= 0.6 is 23.2 Å².